The molecule has 0 atom stereocenters. The average molecular weight is 325 g/mol. The van der Waals surface area contributed by atoms with Crippen LogP contribution in [0.1, 0.15) is 11.5 Å². The second-order valence-electron chi connectivity index (χ2n) is 4.78. The molecule has 110 valence electrons. The maximum atomic E-state index is 11.3. The molecule has 0 amide bonds. The summed E-state index contributed by atoms with van der Waals surface area (Å²) in [5, 5.41) is 5.38. The van der Waals surface area contributed by atoms with Crippen LogP contribution in [0.2, 0.25) is 0 Å². The van der Waals surface area contributed by atoms with Crippen molar-refractivity contribution in [1.82, 2.24) is 19.3 Å². The van der Waals surface area contributed by atoms with E-state index in [2.05, 4.69) is 10.1 Å². The van der Waals surface area contributed by atoms with Gasteiger partial charge in [0.2, 0.25) is 0 Å². The topological polar surface area (TPSA) is 69.8 Å². The molecule has 0 aliphatic rings. The fourth-order valence-corrected chi connectivity index (χ4v) is 3.04. The van der Waals surface area contributed by atoms with E-state index in [1.165, 1.54) is 6.20 Å². The Morgan fingerprint density at radius 1 is 1.29 bits per heavy atom. The molecule has 2 heterocycles. The van der Waals surface area contributed by atoms with Gasteiger partial charge in [0.15, 0.2) is 5.03 Å². The SMILES string of the molecule is Cc1nc(S(=O)(=O)Cl)cn1Cc1nn(C)c2ccccc12. The third kappa shape index (κ3) is 2.54. The van der Waals surface area contributed by atoms with Crippen LogP contribution in [0.25, 0.3) is 10.9 Å². The number of hydrogen-bond acceptors (Lipinski definition) is 4. The lowest BCUT2D eigenvalue weighted by atomic mass is 10.2. The molecule has 0 bridgehead atoms. The summed E-state index contributed by atoms with van der Waals surface area (Å²) in [6.45, 7) is 2.17. The number of imidazole rings is 1. The van der Waals surface area contributed by atoms with Gasteiger partial charge in [-0.1, -0.05) is 18.2 Å². The van der Waals surface area contributed by atoms with E-state index in [0.717, 1.165) is 16.6 Å². The minimum atomic E-state index is -3.82. The molecule has 0 aliphatic carbocycles. The Kier molecular flexibility index (Phi) is 3.26. The molecule has 21 heavy (non-hydrogen) atoms. The van der Waals surface area contributed by atoms with Gasteiger partial charge in [0.05, 0.1) is 17.8 Å². The van der Waals surface area contributed by atoms with Crippen LogP contribution in [0, 0.1) is 6.92 Å². The van der Waals surface area contributed by atoms with Gasteiger partial charge in [-0.25, -0.2) is 13.4 Å². The maximum Gasteiger partial charge on any atom is 0.280 e. The highest BCUT2D eigenvalue weighted by Crippen LogP contribution is 2.20. The highest BCUT2D eigenvalue weighted by molar-refractivity contribution is 8.13. The normalized spacial score (nSPS) is 12.1. The first kappa shape index (κ1) is 14.1. The average Bonchev–Trinajstić information content (AvgIpc) is 2.93. The lowest BCUT2D eigenvalue weighted by Crippen LogP contribution is -2.02. The first-order chi connectivity index (χ1) is 9.86. The maximum absolute atomic E-state index is 11.3. The van der Waals surface area contributed by atoms with Crippen LogP contribution >= 0.6 is 10.7 Å². The van der Waals surface area contributed by atoms with Gasteiger partial charge in [-0.15, -0.1) is 0 Å². The lowest BCUT2D eigenvalue weighted by molar-refractivity contribution is 0.606. The molecule has 3 aromatic rings. The molecule has 0 aliphatic heterocycles. The highest BCUT2D eigenvalue weighted by atomic mass is 35.7. The Labute approximate surface area is 126 Å². The summed E-state index contributed by atoms with van der Waals surface area (Å²) in [5.41, 5.74) is 1.88. The number of halogens is 1. The molecule has 8 heteroatoms. The lowest BCUT2D eigenvalue weighted by Gasteiger charge is -2.01. The number of benzene rings is 1. The molecule has 0 spiro atoms. The van der Waals surface area contributed by atoms with Crippen LogP contribution in [-0.4, -0.2) is 27.7 Å². The molecular weight excluding hydrogens is 312 g/mol. The van der Waals surface area contributed by atoms with Crippen LogP contribution in [0.3, 0.4) is 0 Å². The zero-order chi connectivity index (χ0) is 15.2. The largest absolute Gasteiger partial charge is 0.328 e. The molecule has 0 unspecified atom stereocenters. The third-order valence-electron chi connectivity index (χ3n) is 3.36. The van der Waals surface area contributed by atoms with E-state index in [1.54, 1.807) is 16.2 Å². The number of aryl methyl sites for hydroxylation is 2. The van der Waals surface area contributed by atoms with Crippen molar-refractivity contribution in [2.45, 2.75) is 18.5 Å². The molecule has 0 saturated heterocycles. The first-order valence-electron chi connectivity index (χ1n) is 6.25. The standard InChI is InChI=1S/C13H13ClN4O2S/c1-9-15-13(21(14,19)20)8-18(9)7-11-10-5-3-4-6-12(10)17(2)16-11/h3-6,8H,7H2,1-2H3. The van der Waals surface area contributed by atoms with E-state index in [9.17, 15) is 8.42 Å². The molecular formula is C13H13ClN4O2S. The fraction of sp³-hybridized carbons (Fsp3) is 0.231. The molecule has 1 aromatic carbocycles. The van der Waals surface area contributed by atoms with Gasteiger partial charge in [0.1, 0.15) is 5.82 Å². The van der Waals surface area contributed by atoms with Crippen LogP contribution in [0.15, 0.2) is 35.5 Å². The molecule has 0 saturated carbocycles. The van der Waals surface area contributed by atoms with E-state index >= 15 is 0 Å². The van der Waals surface area contributed by atoms with E-state index < -0.39 is 9.05 Å². The van der Waals surface area contributed by atoms with Crippen molar-refractivity contribution in [2.24, 2.45) is 7.05 Å². The summed E-state index contributed by atoms with van der Waals surface area (Å²) in [6, 6.07) is 7.88. The van der Waals surface area contributed by atoms with E-state index in [-0.39, 0.29) is 5.03 Å². The van der Waals surface area contributed by atoms with Crippen molar-refractivity contribution in [3.63, 3.8) is 0 Å². The zero-order valence-electron chi connectivity index (χ0n) is 11.5. The predicted molar refractivity (Wildman–Crippen MR) is 79.8 cm³/mol. The first-order valence-corrected chi connectivity index (χ1v) is 8.56. The zero-order valence-corrected chi connectivity index (χ0v) is 13.1. The monoisotopic (exact) mass is 324 g/mol. The second kappa shape index (κ2) is 4.85. The van der Waals surface area contributed by atoms with E-state index in [1.807, 2.05) is 31.3 Å². The van der Waals surface area contributed by atoms with E-state index in [0.29, 0.717) is 12.4 Å². The Balaban J connectivity index is 2.05. The van der Waals surface area contributed by atoms with Crippen LogP contribution < -0.4 is 0 Å². The molecule has 0 N–H and O–H groups in total. The van der Waals surface area contributed by atoms with Crippen LogP contribution in [-0.2, 0) is 22.6 Å². The van der Waals surface area contributed by atoms with Crippen molar-refractivity contribution in [3.05, 3.63) is 42.0 Å². The van der Waals surface area contributed by atoms with Gasteiger partial charge in [-0.2, -0.15) is 5.10 Å². The number of nitrogens with zero attached hydrogens (tertiary/aromatic N) is 4. The van der Waals surface area contributed by atoms with Gasteiger partial charge < -0.3 is 4.57 Å². The molecule has 0 radical (unpaired) electrons. The van der Waals surface area contributed by atoms with Gasteiger partial charge in [0.25, 0.3) is 9.05 Å². The Morgan fingerprint density at radius 2 is 2.00 bits per heavy atom. The summed E-state index contributed by atoms with van der Waals surface area (Å²) in [7, 11) is 3.38. The Bertz CT molecular complexity index is 927. The molecule has 0 fully saturated rings. The quantitative estimate of drug-likeness (QED) is 0.691. The van der Waals surface area contributed by atoms with Crippen molar-refractivity contribution in [1.29, 1.82) is 0 Å². The number of hydrogen-bond donors (Lipinski definition) is 0. The van der Waals surface area contributed by atoms with Crippen molar-refractivity contribution >= 4 is 30.6 Å². The number of aromatic nitrogens is 4. The number of para-hydroxylation sites is 1. The number of fused-ring (bicyclic) bond motifs is 1. The van der Waals surface area contributed by atoms with Crippen LogP contribution in [0.5, 0.6) is 0 Å². The van der Waals surface area contributed by atoms with E-state index in [4.69, 9.17) is 10.7 Å². The van der Waals surface area contributed by atoms with Crippen molar-refractivity contribution < 1.29 is 8.42 Å². The summed E-state index contributed by atoms with van der Waals surface area (Å²) in [6.07, 6.45) is 1.43. The highest BCUT2D eigenvalue weighted by Gasteiger charge is 2.17. The minimum Gasteiger partial charge on any atom is -0.328 e. The summed E-state index contributed by atoms with van der Waals surface area (Å²) >= 11 is 0. The van der Waals surface area contributed by atoms with Crippen molar-refractivity contribution in [3.8, 4) is 0 Å². The Hall–Kier alpha value is -1.86. The van der Waals surface area contributed by atoms with Gasteiger partial charge in [0, 0.05) is 29.3 Å². The Morgan fingerprint density at radius 3 is 2.67 bits per heavy atom. The minimum absolute atomic E-state index is 0.137. The molecule has 6 nitrogen and oxygen atoms in total. The predicted octanol–water partition coefficient (Wildman–Crippen LogP) is 2.05. The van der Waals surface area contributed by atoms with Crippen LogP contribution in [0.4, 0.5) is 0 Å². The van der Waals surface area contributed by atoms with Crippen molar-refractivity contribution in [2.75, 3.05) is 0 Å². The van der Waals surface area contributed by atoms with Gasteiger partial charge in [-0.05, 0) is 13.0 Å². The number of rotatable bonds is 3. The van der Waals surface area contributed by atoms with Gasteiger partial charge in [-0.3, -0.25) is 4.68 Å². The third-order valence-corrected chi connectivity index (χ3v) is 4.53. The summed E-state index contributed by atoms with van der Waals surface area (Å²) < 4.78 is 26.2. The molecule has 2 aromatic heterocycles. The summed E-state index contributed by atoms with van der Waals surface area (Å²) in [4.78, 5) is 3.97. The summed E-state index contributed by atoms with van der Waals surface area (Å²) in [5.74, 6) is 0.573. The molecule has 3 rings (SSSR count). The second-order valence-corrected chi connectivity index (χ2v) is 7.29. The fourth-order valence-electron chi connectivity index (χ4n) is 2.32. The smallest absolute Gasteiger partial charge is 0.280 e. The van der Waals surface area contributed by atoms with Gasteiger partial charge >= 0.3 is 0 Å².